The van der Waals surface area contributed by atoms with Gasteiger partial charge < -0.3 is 9.84 Å². The first kappa shape index (κ1) is 17.3. The van der Waals surface area contributed by atoms with Crippen molar-refractivity contribution in [2.45, 2.75) is 13.5 Å². The fourth-order valence-corrected chi connectivity index (χ4v) is 2.52. The molecule has 0 unspecified atom stereocenters. The molecule has 0 aliphatic heterocycles. The highest BCUT2D eigenvalue weighted by atomic mass is 16.5. The van der Waals surface area contributed by atoms with Crippen LogP contribution < -0.4 is 0 Å². The fraction of sp³-hybridized carbons (Fsp3) is 0.167. The monoisotopic (exact) mass is 352 g/mol. The number of hydrogen-bond acceptors (Lipinski definition) is 6. The SMILES string of the molecule is CCOC(=O)c1ccc(-c2c(-c3ccncc3)nnn2CC(=O)O)cc1. The quantitative estimate of drug-likeness (QED) is 0.678. The molecule has 0 amide bonds. The van der Waals surface area contributed by atoms with Crippen LogP contribution in [0.25, 0.3) is 22.5 Å². The van der Waals surface area contributed by atoms with E-state index in [0.29, 0.717) is 29.1 Å². The lowest BCUT2D eigenvalue weighted by atomic mass is 10.0. The number of hydrogen-bond donors (Lipinski definition) is 1. The van der Waals surface area contributed by atoms with Crippen molar-refractivity contribution in [1.82, 2.24) is 20.0 Å². The summed E-state index contributed by atoms with van der Waals surface area (Å²) >= 11 is 0. The molecule has 0 saturated carbocycles. The van der Waals surface area contributed by atoms with Gasteiger partial charge in [0.05, 0.1) is 17.9 Å². The molecule has 3 aromatic rings. The van der Waals surface area contributed by atoms with Crippen LogP contribution in [0.5, 0.6) is 0 Å². The van der Waals surface area contributed by atoms with E-state index in [9.17, 15) is 9.59 Å². The zero-order valence-corrected chi connectivity index (χ0v) is 14.0. The van der Waals surface area contributed by atoms with Gasteiger partial charge in [-0.1, -0.05) is 17.3 Å². The predicted molar refractivity (Wildman–Crippen MR) is 92.3 cm³/mol. The van der Waals surface area contributed by atoms with E-state index in [-0.39, 0.29) is 6.54 Å². The van der Waals surface area contributed by atoms with E-state index in [2.05, 4.69) is 15.3 Å². The number of aliphatic carboxylic acids is 1. The third-order valence-corrected chi connectivity index (χ3v) is 3.64. The molecule has 0 saturated heterocycles. The van der Waals surface area contributed by atoms with Gasteiger partial charge in [0.2, 0.25) is 0 Å². The lowest BCUT2D eigenvalue weighted by Crippen LogP contribution is -2.11. The molecule has 0 aliphatic rings. The summed E-state index contributed by atoms with van der Waals surface area (Å²) < 4.78 is 6.29. The Hall–Kier alpha value is -3.55. The van der Waals surface area contributed by atoms with E-state index in [4.69, 9.17) is 9.84 Å². The van der Waals surface area contributed by atoms with Crippen LogP contribution in [-0.4, -0.2) is 43.6 Å². The summed E-state index contributed by atoms with van der Waals surface area (Å²) in [7, 11) is 0. The summed E-state index contributed by atoms with van der Waals surface area (Å²) in [5.41, 5.74) is 2.96. The van der Waals surface area contributed by atoms with Crippen molar-refractivity contribution in [3.05, 3.63) is 54.4 Å². The minimum absolute atomic E-state index is 0.294. The molecular formula is C18H16N4O4. The molecule has 1 aromatic carbocycles. The number of carbonyl (C=O) groups excluding carboxylic acids is 1. The first-order chi connectivity index (χ1) is 12.6. The molecule has 8 heteroatoms. The van der Waals surface area contributed by atoms with E-state index in [1.807, 2.05) is 0 Å². The molecule has 0 aliphatic carbocycles. The topological polar surface area (TPSA) is 107 Å². The van der Waals surface area contributed by atoms with Gasteiger partial charge in [0.1, 0.15) is 12.2 Å². The Morgan fingerprint density at radius 3 is 2.38 bits per heavy atom. The molecule has 26 heavy (non-hydrogen) atoms. The Morgan fingerprint density at radius 2 is 1.77 bits per heavy atom. The average molecular weight is 352 g/mol. The maximum absolute atomic E-state index is 11.8. The largest absolute Gasteiger partial charge is 0.480 e. The normalized spacial score (nSPS) is 10.5. The number of carboxylic acid groups (broad SMARTS) is 1. The van der Waals surface area contributed by atoms with E-state index in [1.165, 1.54) is 4.68 Å². The van der Waals surface area contributed by atoms with Gasteiger partial charge in [-0.2, -0.15) is 0 Å². The van der Waals surface area contributed by atoms with E-state index in [1.54, 1.807) is 55.7 Å². The number of carbonyl (C=O) groups is 2. The van der Waals surface area contributed by atoms with Crippen molar-refractivity contribution < 1.29 is 19.4 Å². The predicted octanol–water partition coefficient (Wildman–Crippen LogP) is 2.27. The van der Waals surface area contributed by atoms with Gasteiger partial charge in [0.15, 0.2) is 0 Å². The minimum Gasteiger partial charge on any atom is -0.480 e. The number of pyridine rings is 1. The maximum Gasteiger partial charge on any atom is 0.338 e. The summed E-state index contributed by atoms with van der Waals surface area (Å²) in [5.74, 6) is -1.44. The van der Waals surface area contributed by atoms with Crippen molar-refractivity contribution in [3.8, 4) is 22.5 Å². The van der Waals surface area contributed by atoms with Crippen LogP contribution in [0.2, 0.25) is 0 Å². The van der Waals surface area contributed by atoms with E-state index < -0.39 is 11.9 Å². The minimum atomic E-state index is -1.03. The van der Waals surface area contributed by atoms with Gasteiger partial charge in [0.25, 0.3) is 0 Å². The zero-order chi connectivity index (χ0) is 18.5. The number of esters is 1. The number of benzene rings is 1. The van der Waals surface area contributed by atoms with Crippen LogP contribution >= 0.6 is 0 Å². The molecule has 0 bridgehead atoms. The number of aromatic nitrogens is 4. The third kappa shape index (κ3) is 3.59. The molecular weight excluding hydrogens is 336 g/mol. The molecule has 132 valence electrons. The van der Waals surface area contributed by atoms with E-state index in [0.717, 1.165) is 5.56 Å². The van der Waals surface area contributed by atoms with Crippen molar-refractivity contribution >= 4 is 11.9 Å². The summed E-state index contributed by atoms with van der Waals surface area (Å²) in [4.78, 5) is 26.9. The second-order valence-corrected chi connectivity index (χ2v) is 5.37. The van der Waals surface area contributed by atoms with Gasteiger partial charge in [0, 0.05) is 23.5 Å². The molecule has 0 atom stereocenters. The number of rotatable bonds is 6. The summed E-state index contributed by atoms with van der Waals surface area (Å²) in [6, 6.07) is 10.2. The molecule has 0 fully saturated rings. The van der Waals surface area contributed by atoms with Crippen LogP contribution in [0.15, 0.2) is 48.8 Å². The molecule has 1 N–H and O–H groups in total. The highest BCUT2D eigenvalue weighted by molar-refractivity contribution is 5.90. The number of nitrogens with zero attached hydrogens (tertiary/aromatic N) is 4. The summed E-state index contributed by atoms with van der Waals surface area (Å²) in [6.45, 7) is 1.71. The summed E-state index contributed by atoms with van der Waals surface area (Å²) in [5, 5.41) is 17.2. The van der Waals surface area contributed by atoms with Crippen molar-refractivity contribution in [1.29, 1.82) is 0 Å². The Labute approximate surface area is 149 Å². The third-order valence-electron chi connectivity index (χ3n) is 3.64. The molecule has 0 spiro atoms. The molecule has 2 aromatic heterocycles. The lowest BCUT2D eigenvalue weighted by Gasteiger charge is -2.08. The summed E-state index contributed by atoms with van der Waals surface area (Å²) in [6.07, 6.45) is 3.25. The van der Waals surface area contributed by atoms with Gasteiger partial charge in [-0.05, 0) is 31.2 Å². The zero-order valence-electron chi connectivity index (χ0n) is 14.0. The van der Waals surface area contributed by atoms with E-state index >= 15 is 0 Å². The molecule has 0 radical (unpaired) electrons. The highest BCUT2D eigenvalue weighted by Crippen LogP contribution is 2.30. The first-order valence-electron chi connectivity index (χ1n) is 7.93. The van der Waals surface area contributed by atoms with Crippen LogP contribution in [0.4, 0.5) is 0 Å². The number of ether oxygens (including phenoxy) is 1. The lowest BCUT2D eigenvalue weighted by molar-refractivity contribution is -0.137. The van der Waals surface area contributed by atoms with Gasteiger partial charge >= 0.3 is 11.9 Å². The second kappa shape index (κ2) is 7.56. The smallest absolute Gasteiger partial charge is 0.338 e. The van der Waals surface area contributed by atoms with Crippen LogP contribution in [0, 0.1) is 0 Å². The fourth-order valence-electron chi connectivity index (χ4n) is 2.52. The second-order valence-electron chi connectivity index (χ2n) is 5.37. The van der Waals surface area contributed by atoms with Crippen LogP contribution in [-0.2, 0) is 16.1 Å². The Kier molecular flexibility index (Phi) is 5.02. The maximum atomic E-state index is 11.8. The Bertz CT molecular complexity index is 920. The van der Waals surface area contributed by atoms with Crippen molar-refractivity contribution in [2.75, 3.05) is 6.61 Å². The number of carboxylic acids is 1. The van der Waals surface area contributed by atoms with Gasteiger partial charge in [-0.25, -0.2) is 9.48 Å². The Morgan fingerprint density at radius 1 is 1.08 bits per heavy atom. The first-order valence-corrected chi connectivity index (χ1v) is 7.93. The molecule has 3 rings (SSSR count). The highest BCUT2D eigenvalue weighted by Gasteiger charge is 2.19. The molecule has 8 nitrogen and oxygen atoms in total. The van der Waals surface area contributed by atoms with Crippen LogP contribution in [0.1, 0.15) is 17.3 Å². The standard InChI is InChI=1S/C18H16N4O4/c1-2-26-18(25)14-5-3-13(4-6-14)17-16(12-7-9-19-10-8-12)20-21-22(17)11-15(23)24/h3-10H,2,11H2,1H3,(H,23,24). The molecule has 2 heterocycles. The van der Waals surface area contributed by atoms with Crippen molar-refractivity contribution in [2.24, 2.45) is 0 Å². The van der Waals surface area contributed by atoms with Crippen LogP contribution in [0.3, 0.4) is 0 Å². The van der Waals surface area contributed by atoms with Gasteiger partial charge in [-0.15, -0.1) is 5.10 Å². The Balaban J connectivity index is 2.06. The average Bonchev–Trinajstić information content (AvgIpc) is 3.05. The van der Waals surface area contributed by atoms with Crippen molar-refractivity contribution in [3.63, 3.8) is 0 Å². The van der Waals surface area contributed by atoms with Gasteiger partial charge in [-0.3, -0.25) is 9.78 Å².